The van der Waals surface area contributed by atoms with Gasteiger partial charge in [0.05, 0.1) is 25.5 Å². The molecule has 1 saturated heterocycles. The SMILES string of the molecule is CCN(C(=O)c1oncc1C)C1COCC1C(=O)O. The van der Waals surface area contributed by atoms with Crippen molar-refractivity contribution in [1.29, 1.82) is 0 Å². The van der Waals surface area contributed by atoms with Crippen molar-refractivity contribution in [3.63, 3.8) is 0 Å². The first-order valence-corrected chi connectivity index (χ1v) is 6.09. The zero-order valence-electron chi connectivity index (χ0n) is 10.8. The maximum absolute atomic E-state index is 12.4. The zero-order valence-corrected chi connectivity index (χ0v) is 10.8. The number of carboxylic acid groups (broad SMARTS) is 1. The maximum Gasteiger partial charge on any atom is 0.311 e. The van der Waals surface area contributed by atoms with E-state index in [0.717, 1.165) is 0 Å². The molecule has 2 atom stereocenters. The summed E-state index contributed by atoms with van der Waals surface area (Å²) in [6, 6.07) is -0.473. The average molecular weight is 268 g/mol. The Morgan fingerprint density at radius 1 is 1.53 bits per heavy atom. The number of aliphatic carboxylic acids is 1. The molecule has 2 rings (SSSR count). The lowest BCUT2D eigenvalue weighted by Gasteiger charge is -2.28. The second-order valence-corrected chi connectivity index (χ2v) is 4.48. The van der Waals surface area contributed by atoms with Gasteiger partial charge in [-0.05, 0) is 13.8 Å². The second kappa shape index (κ2) is 5.40. The summed E-state index contributed by atoms with van der Waals surface area (Å²) in [7, 11) is 0. The monoisotopic (exact) mass is 268 g/mol. The van der Waals surface area contributed by atoms with Crippen LogP contribution in [-0.4, -0.2) is 52.8 Å². The molecule has 1 fully saturated rings. The van der Waals surface area contributed by atoms with Gasteiger partial charge in [-0.15, -0.1) is 0 Å². The van der Waals surface area contributed by atoms with Gasteiger partial charge in [-0.25, -0.2) is 0 Å². The molecule has 1 amide bonds. The first kappa shape index (κ1) is 13.5. The fraction of sp³-hybridized carbons (Fsp3) is 0.583. The van der Waals surface area contributed by atoms with Crippen molar-refractivity contribution in [2.24, 2.45) is 5.92 Å². The van der Waals surface area contributed by atoms with Gasteiger partial charge in [-0.3, -0.25) is 9.59 Å². The smallest absolute Gasteiger partial charge is 0.311 e. The molecule has 0 saturated carbocycles. The lowest BCUT2D eigenvalue weighted by Crippen LogP contribution is -2.46. The molecule has 0 bridgehead atoms. The molecule has 19 heavy (non-hydrogen) atoms. The number of carbonyl (C=O) groups is 2. The van der Waals surface area contributed by atoms with Crippen LogP contribution >= 0.6 is 0 Å². The predicted octanol–water partition coefficient (Wildman–Crippen LogP) is 0.545. The zero-order chi connectivity index (χ0) is 14.0. The highest BCUT2D eigenvalue weighted by molar-refractivity contribution is 5.93. The Balaban J connectivity index is 2.23. The van der Waals surface area contributed by atoms with Gasteiger partial charge >= 0.3 is 5.97 Å². The van der Waals surface area contributed by atoms with Crippen molar-refractivity contribution in [3.05, 3.63) is 17.5 Å². The van der Waals surface area contributed by atoms with Crippen molar-refractivity contribution in [3.8, 4) is 0 Å². The molecule has 7 heteroatoms. The summed E-state index contributed by atoms with van der Waals surface area (Å²) in [6.07, 6.45) is 1.46. The number of likely N-dealkylation sites (N-methyl/N-ethyl adjacent to an activating group) is 1. The van der Waals surface area contributed by atoms with Crippen LogP contribution in [0.3, 0.4) is 0 Å². The lowest BCUT2D eigenvalue weighted by atomic mass is 10.0. The van der Waals surface area contributed by atoms with Gasteiger partial charge < -0.3 is 19.3 Å². The summed E-state index contributed by atoms with van der Waals surface area (Å²) >= 11 is 0. The van der Waals surface area contributed by atoms with Gasteiger partial charge in [0.25, 0.3) is 5.91 Å². The quantitative estimate of drug-likeness (QED) is 0.857. The van der Waals surface area contributed by atoms with E-state index in [-0.39, 0.29) is 24.9 Å². The normalized spacial score (nSPS) is 22.4. The van der Waals surface area contributed by atoms with Crippen LogP contribution in [0.15, 0.2) is 10.7 Å². The van der Waals surface area contributed by atoms with Gasteiger partial charge in [0.15, 0.2) is 0 Å². The highest BCUT2D eigenvalue weighted by atomic mass is 16.5. The van der Waals surface area contributed by atoms with Gasteiger partial charge in [-0.1, -0.05) is 5.16 Å². The van der Waals surface area contributed by atoms with E-state index in [2.05, 4.69) is 5.16 Å². The number of rotatable bonds is 4. The average Bonchev–Trinajstić information content (AvgIpc) is 2.98. The van der Waals surface area contributed by atoms with Crippen LogP contribution in [0.1, 0.15) is 23.0 Å². The van der Waals surface area contributed by atoms with Gasteiger partial charge in [0, 0.05) is 12.1 Å². The second-order valence-electron chi connectivity index (χ2n) is 4.48. The van der Waals surface area contributed by atoms with Crippen LogP contribution in [0.4, 0.5) is 0 Å². The molecule has 7 nitrogen and oxygen atoms in total. The van der Waals surface area contributed by atoms with Crippen LogP contribution < -0.4 is 0 Å². The van der Waals surface area contributed by atoms with Crippen molar-refractivity contribution < 1.29 is 24.0 Å². The van der Waals surface area contributed by atoms with E-state index in [1.165, 1.54) is 11.1 Å². The lowest BCUT2D eigenvalue weighted by molar-refractivity contribution is -0.142. The van der Waals surface area contributed by atoms with E-state index in [1.807, 2.05) is 0 Å². The van der Waals surface area contributed by atoms with Crippen molar-refractivity contribution in [2.75, 3.05) is 19.8 Å². The number of hydrogen-bond donors (Lipinski definition) is 1. The molecule has 1 aliphatic rings. The fourth-order valence-corrected chi connectivity index (χ4v) is 2.24. The topological polar surface area (TPSA) is 92.9 Å². The van der Waals surface area contributed by atoms with Crippen molar-refractivity contribution in [1.82, 2.24) is 10.1 Å². The minimum atomic E-state index is -0.956. The molecule has 0 spiro atoms. The summed E-state index contributed by atoms with van der Waals surface area (Å²) in [5, 5.41) is 12.7. The molecule has 2 heterocycles. The number of amides is 1. The molecule has 0 radical (unpaired) electrons. The highest BCUT2D eigenvalue weighted by Gasteiger charge is 2.40. The molecular weight excluding hydrogens is 252 g/mol. The summed E-state index contributed by atoms with van der Waals surface area (Å²) in [6.45, 7) is 4.25. The van der Waals surface area contributed by atoms with Gasteiger partial charge in [0.1, 0.15) is 5.92 Å². The third-order valence-corrected chi connectivity index (χ3v) is 3.31. The molecule has 1 aromatic heterocycles. The Morgan fingerprint density at radius 2 is 2.26 bits per heavy atom. The summed E-state index contributed by atoms with van der Waals surface area (Å²) in [5.74, 6) is -1.85. The Kier molecular flexibility index (Phi) is 3.84. The number of aryl methyl sites for hydroxylation is 1. The number of carboxylic acids is 1. The van der Waals surface area contributed by atoms with Crippen LogP contribution in [0, 0.1) is 12.8 Å². The fourth-order valence-electron chi connectivity index (χ4n) is 2.24. The number of aromatic nitrogens is 1. The van der Waals surface area contributed by atoms with E-state index in [9.17, 15) is 9.59 Å². The largest absolute Gasteiger partial charge is 0.481 e. The molecule has 1 N–H and O–H groups in total. The van der Waals surface area contributed by atoms with E-state index in [1.54, 1.807) is 13.8 Å². The Bertz CT molecular complexity index is 484. The Hall–Kier alpha value is -1.89. The molecule has 1 aliphatic heterocycles. The van der Waals surface area contributed by atoms with Gasteiger partial charge in [-0.2, -0.15) is 0 Å². The summed E-state index contributed by atoms with van der Waals surface area (Å²) in [5.41, 5.74) is 0.634. The van der Waals surface area contributed by atoms with E-state index < -0.39 is 17.9 Å². The van der Waals surface area contributed by atoms with Crippen LogP contribution in [0.2, 0.25) is 0 Å². The maximum atomic E-state index is 12.4. The Labute approximate surface area is 110 Å². The summed E-state index contributed by atoms with van der Waals surface area (Å²) in [4.78, 5) is 25.0. The molecule has 0 aliphatic carbocycles. The van der Waals surface area contributed by atoms with Crippen LogP contribution in [0.25, 0.3) is 0 Å². The van der Waals surface area contributed by atoms with E-state index in [0.29, 0.717) is 12.1 Å². The van der Waals surface area contributed by atoms with E-state index >= 15 is 0 Å². The molecule has 2 unspecified atom stereocenters. The molecular formula is C12H16N2O5. The van der Waals surface area contributed by atoms with E-state index in [4.69, 9.17) is 14.4 Å². The number of hydrogen-bond acceptors (Lipinski definition) is 5. The van der Waals surface area contributed by atoms with Crippen molar-refractivity contribution in [2.45, 2.75) is 19.9 Å². The minimum Gasteiger partial charge on any atom is -0.481 e. The first-order valence-electron chi connectivity index (χ1n) is 6.09. The highest BCUT2D eigenvalue weighted by Crippen LogP contribution is 2.22. The predicted molar refractivity (Wildman–Crippen MR) is 63.7 cm³/mol. The Morgan fingerprint density at radius 3 is 2.79 bits per heavy atom. The first-order chi connectivity index (χ1) is 9.06. The van der Waals surface area contributed by atoms with Crippen LogP contribution in [0.5, 0.6) is 0 Å². The molecule has 104 valence electrons. The van der Waals surface area contributed by atoms with Gasteiger partial charge in [0.2, 0.25) is 5.76 Å². The van der Waals surface area contributed by atoms with Crippen molar-refractivity contribution >= 4 is 11.9 Å². The third kappa shape index (κ3) is 2.46. The minimum absolute atomic E-state index is 0.124. The summed E-state index contributed by atoms with van der Waals surface area (Å²) < 4.78 is 10.1. The van der Waals surface area contributed by atoms with Crippen LogP contribution in [-0.2, 0) is 9.53 Å². The molecule has 1 aromatic rings. The number of nitrogens with zero attached hydrogens (tertiary/aromatic N) is 2. The number of ether oxygens (including phenoxy) is 1. The molecule has 0 aromatic carbocycles. The standard InChI is InChI=1S/C12H16N2O5/c1-3-14(9-6-18-5-8(9)12(16)17)11(15)10-7(2)4-13-19-10/h4,8-9H,3,5-6H2,1-2H3,(H,16,17). The number of carbonyl (C=O) groups excluding carboxylic acids is 1. The third-order valence-electron chi connectivity index (χ3n) is 3.31.